The van der Waals surface area contributed by atoms with Gasteiger partial charge in [-0.15, -0.1) is 11.6 Å². The Balaban J connectivity index is 2.14. The first-order valence-corrected chi connectivity index (χ1v) is 6.64. The van der Waals surface area contributed by atoms with Crippen LogP contribution in [0.4, 0.5) is 0 Å². The summed E-state index contributed by atoms with van der Waals surface area (Å²) >= 11 is 5.85. The van der Waals surface area contributed by atoms with Crippen molar-refractivity contribution in [2.45, 2.75) is 38.7 Å². The van der Waals surface area contributed by atoms with E-state index < -0.39 is 0 Å². The molecule has 1 aromatic carbocycles. The van der Waals surface area contributed by atoms with Gasteiger partial charge < -0.3 is 9.47 Å². The third kappa shape index (κ3) is 3.14. The molecule has 2 nitrogen and oxygen atoms in total. The molecule has 0 bridgehead atoms. The van der Waals surface area contributed by atoms with Crippen LogP contribution < -0.4 is 4.74 Å². The van der Waals surface area contributed by atoms with Gasteiger partial charge in [0, 0.05) is 12.5 Å². The van der Waals surface area contributed by atoms with E-state index in [1.807, 2.05) is 0 Å². The molecule has 0 aromatic heterocycles. The van der Waals surface area contributed by atoms with E-state index in [9.17, 15) is 0 Å². The van der Waals surface area contributed by atoms with E-state index in [0.29, 0.717) is 12.5 Å². The van der Waals surface area contributed by atoms with Crippen molar-refractivity contribution >= 4 is 11.6 Å². The number of alkyl halides is 1. The molecule has 17 heavy (non-hydrogen) atoms. The van der Waals surface area contributed by atoms with Crippen molar-refractivity contribution in [3.05, 3.63) is 28.8 Å². The molecule has 1 unspecified atom stereocenters. The maximum Gasteiger partial charge on any atom is 0.125 e. The van der Waals surface area contributed by atoms with Gasteiger partial charge in [0.2, 0.25) is 0 Å². The molecule has 2 rings (SSSR count). The summed E-state index contributed by atoms with van der Waals surface area (Å²) in [7, 11) is 0. The second-order valence-electron chi connectivity index (χ2n) is 4.65. The van der Waals surface area contributed by atoms with Crippen LogP contribution in [-0.2, 0) is 10.6 Å². The summed E-state index contributed by atoms with van der Waals surface area (Å²) in [6, 6.07) is 4.19. The van der Waals surface area contributed by atoms with Crippen LogP contribution in [0.1, 0.15) is 29.5 Å². The second-order valence-corrected chi connectivity index (χ2v) is 4.92. The highest BCUT2D eigenvalue weighted by Gasteiger charge is 2.17. The number of halogens is 1. The first-order chi connectivity index (χ1) is 8.20. The lowest BCUT2D eigenvalue weighted by molar-refractivity contribution is 0.00687. The lowest BCUT2D eigenvalue weighted by Gasteiger charge is -2.25. The van der Waals surface area contributed by atoms with Gasteiger partial charge in [-0.2, -0.15) is 0 Å². The van der Waals surface area contributed by atoms with Gasteiger partial charge in [-0.05, 0) is 43.4 Å². The Morgan fingerprint density at radius 2 is 2.06 bits per heavy atom. The molecule has 1 atom stereocenters. The van der Waals surface area contributed by atoms with Gasteiger partial charge in [-0.3, -0.25) is 0 Å². The third-order valence-corrected chi connectivity index (χ3v) is 3.39. The van der Waals surface area contributed by atoms with Crippen LogP contribution >= 0.6 is 11.6 Å². The Kier molecular flexibility index (Phi) is 4.30. The van der Waals surface area contributed by atoms with Crippen LogP contribution in [0.25, 0.3) is 0 Å². The Bertz CT molecular complexity index is 361. The largest absolute Gasteiger partial charge is 0.487 e. The summed E-state index contributed by atoms with van der Waals surface area (Å²) in [5.74, 6) is 1.54. The SMILES string of the molecule is Cc1cc(CCl)cc(C)c1OC1CCCOC1. The maximum atomic E-state index is 6.05. The molecule has 0 N–H and O–H groups in total. The van der Waals surface area contributed by atoms with Crippen LogP contribution in [0, 0.1) is 13.8 Å². The highest BCUT2D eigenvalue weighted by Crippen LogP contribution is 2.27. The molecule has 0 spiro atoms. The van der Waals surface area contributed by atoms with Crippen LogP contribution in [0.15, 0.2) is 12.1 Å². The number of aryl methyl sites for hydroxylation is 2. The molecule has 1 saturated heterocycles. The molecule has 1 aliphatic rings. The predicted molar refractivity (Wildman–Crippen MR) is 69.9 cm³/mol. The van der Waals surface area contributed by atoms with Gasteiger partial charge in [0.25, 0.3) is 0 Å². The topological polar surface area (TPSA) is 18.5 Å². The highest BCUT2D eigenvalue weighted by molar-refractivity contribution is 6.17. The predicted octanol–water partition coefficient (Wildman–Crippen LogP) is 3.60. The minimum absolute atomic E-state index is 0.197. The molecule has 0 radical (unpaired) electrons. The van der Waals surface area contributed by atoms with Crippen molar-refractivity contribution in [2.75, 3.05) is 13.2 Å². The standard InChI is InChI=1S/C14H19ClO2/c1-10-6-12(8-15)7-11(2)14(10)17-13-4-3-5-16-9-13/h6-7,13H,3-5,8-9H2,1-2H3. The van der Waals surface area contributed by atoms with E-state index in [0.717, 1.165) is 41.9 Å². The molecule has 0 aliphatic carbocycles. The number of rotatable bonds is 3. The van der Waals surface area contributed by atoms with Crippen molar-refractivity contribution in [1.29, 1.82) is 0 Å². The van der Waals surface area contributed by atoms with E-state index in [4.69, 9.17) is 21.1 Å². The van der Waals surface area contributed by atoms with Crippen LogP contribution in [0.5, 0.6) is 5.75 Å². The first kappa shape index (κ1) is 12.7. The van der Waals surface area contributed by atoms with Gasteiger partial charge in [-0.1, -0.05) is 12.1 Å². The van der Waals surface area contributed by atoms with Gasteiger partial charge >= 0.3 is 0 Å². The van der Waals surface area contributed by atoms with E-state index in [1.54, 1.807) is 0 Å². The quantitative estimate of drug-likeness (QED) is 0.768. The Labute approximate surface area is 108 Å². The van der Waals surface area contributed by atoms with E-state index in [1.165, 1.54) is 0 Å². The molecule has 0 amide bonds. The fourth-order valence-electron chi connectivity index (χ4n) is 2.27. The summed E-state index contributed by atoms with van der Waals surface area (Å²) in [6.45, 7) is 5.71. The normalized spacial score (nSPS) is 20.3. The zero-order valence-corrected chi connectivity index (χ0v) is 11.2. The lowest BCUT2D eigenvalue weighted by atomic mass is 10.1. The number of benzene rings is 1. The fourth-order valence-corrected chi connectivity index (χ4v) is 2.43. The fraction of sp³-hybridized carbons (Fsp3) is 0.571. The molecule has 1 aliphatic heterocycles. The molecule has 1 heterocycles. The zero-order chi connectivity index (χ0) is 12.3. The summed E-state index contributed by atoms with van der Waals surface area (Å²) < 4.78 is 11.5. The number of hydrogen-bond acceptors (Lipinski definition) is 2. The maximum absolute atomic E-state index is 6.05. The van der Waals surface area contributed by atoms with Crippen molar-refractivity contribution in [1.82, 2.24) is 0 Å². The van der Waals surface area contributed by atoms with Crippen molar-refractivity contribution in [3.63, 3.8) is 0 Å². The summed E-state index contributed by atoms with van der Waals surface area (Å²) in [5, 5.41) is 0. The highest BCUT2D eigenvalue weighted by atomic mass is 35.5. The first-order valence-electron chi connectivity index (χ1n) is 6.11. The average molecular weight is 255 g/mol. The molecule has 1 fully saturated rings. The zero-order valence-electron chi connectivity index (χ0n) is 10.5. The minimum Gasteiger partial charge on any atom is -0.487 e. The molecular formula is C14H19ClO2. The Morgan fingerprint density at radius 3 is 2.59 bits per heavy atom. The number of hydrogen-bond donors (Lipinski definition) is 0. The van der Waals surface area contributed by atoms with E-state index in [-0.39, 0.29) is 6.10 Å². The average Bonchev–Trinajstić information content (AvgIpc) is 2.35. The molecule has 1 aromatic rings. The third-order valence-electron chi connectivity index (χ3n) is 3.08. The van der Waals surface area contributed by atoms with E-state index >= 15 is 0 Å². The Morgan fingerprint density at radius 1 is 1.35 bits per heavy atom. The second kappa shape index (κ2) is 5.74. The molecular weight excluding hydrogens is 236 g/mol. The molecule has 3 heteroatoms. The van der Waals surface area contributed by atoms with Crippen LogP contribution in [0.3, 0.4) is 0 Å². The smallest absolute Gasteiger partial charge is 0.125 e. The summed E-state index contributed by atoms with van der Waals surface area (Å²) in [4.78, 5) is 0. The van der Waals surface area contributed by atoms with Crippen molar-refractivity contribution in [3.8, 4) is 5.75 Å². The van der Waals surface area contributed by atoms with Gasteiger partial charge in [-0.25, -0.2) is 0 Å². The summed E-state index contributed by atoms with van der Waals surface area (Å²) in [5.41, 5.74) is 3.46. The van der Waals surface area contributed by atoms with Crippen LogP contribution in [0.2, 0.25) is 0 Å². The summed E-state index contributed by atoms with van der Waals surface area (Å²) in [6.07, 6.45) is 2.36. The van der Waals surface area contributed by atoms with Crippen molar-refractivity contribution < 1.29 is 9.47 Å². The van der Waals surface area contributed by atoms with Crippen molar-refractivity contribution in [2.24, 2.45) is 0 Å². The van der Waals surface area contributed by atoms with Gasteiger partial charge in [0.1, 0.15) is 11.9 Å². The Hall–Kier alpha value is -0.730. The van der Waals surface area contributed by atoms with Gasteiger partial charge in [0.05, 0.1) is 6.61 Å². The molecule has 94 valence electrons. The number of ether oxygens (including phenoxy) is 2. The monoisotopic (exact) mass is 254 g/mol. The molecule has 0 saturated carbocycles. The minimum atomic E-state index is 0.197. The van der Waals surface area contributed by atoms with E-state index in [2.05, 4.69) is 26.0 Å². The van der Waals surface area contributed by atoms with Crippen LogP contribution in [-0.4, -0.2) is 19.3 Å². The van der Waals surface area contributed by atoms with Gasteiger partial charge in [0.15, 0.2) is 0 Å². The lowest BCUT2D eigenvalue weighted by Crippen LogP contribution is -2.28.